The Balaban J connectivity index is 1.86. The molecule has 0 bridgehead atoms. The predicted octanol–water partition coefficient (Wildman–Crippen LogP) is 2.06. The molecule has 1 atom stereocenters. The molecule has 0 aromatic carbocycles. The van der Waals surface area contributed by atoms with Crippen molar-refractivity contribution in [2.24, 2.45) is 0 Å². The van der Waals surface area contributed by atoms with Gasteiger partial charge < -0.3 is 9.64 Å². The summed E-state index contributed by atoms with van der Waals surface area (Å²) in [4.78, 5) is 9.44. The standard InChI is InChI=1S/C14H20BrN3O/c1-11-7-12(15)13(16-8-11)18-5-4-17(2)14(9-18)3-6-19-10-14/h7-8H,3-6,9-10H2,1-2H3/t14-/m1/s1. The summed E-state index contributed by atoms with van der Waals surface area (Å²) in [6.07, 6.45) is 3.06. The maximum Gasteiger partial charge on any atom is 0.142 e. The van der Waals surface area contributed by atoms with Gasteiger partial charge in [0.05, 0.1) is 16.6 Å². The van der Waals surface area contributed by atoms with Crippen LogP contribution in [0.2, 0.25) is 0 Å². The quantitative estimate of drug-likeness (QED) is 0.790. The van der Waals surface area contributed by atoms with Gasteiger partial charge >= 0.3 is 0 Å². The van der Waals surface area contributed by atoms with E-state index in [1.807, 2.05) is 6.20 Å². The Labute approximate surface area is 122 Å². The van der Waals surface area contributed by atoms with Crippen LogP contribution < -0.4 is 4.90 Å². The van der Waals surface area contributed by atoms with Crippen LogP contribution >= 0.6 is 15.9 Å². The number of likely N-dealkylation sites (N-methyl/N-ethyl adjacent to an activating group) is 1. The Kier molecular flexibility index (Phi) is 3.53. The fourth-order valence-corrected chi connectivity index (χ4v) is 3.74. The lowest BCUT2D eigenvalue weighted by Gasteiger charge is -2.47. The summed E-state index contributed by atoms with van der Waals surface area (Å²) in [5.41, 5.74) is 1.35. The van der Waals surface area contributed by atoms with Crippen LogP contribution in [0.5, 0.6) is 0 Å². The number of anilines is 1. The Morgan fingerprint density at radius 1 is 1.42 bits per heavy atom. The van der Waals surface area contributed by atoms with Crippen molar-refractivity contribution in [1.82, 2.24) is 9.88 Å². The molecule has 3 rings (SSSR count). The van der Waals surface area contributed by atoms with E-state index < -0.39 is 0 Å². The number of nitrogens with zero attached hydrogens (tertiary/aromatic N) is 3. The molecule has 2 aliphatic rings. The first-order valence-electron chi connectivity index (χ1n) is 6.77. The number of rotatable bonds is 1. The van der Waals surface area contributed by atoms with Crippen LogP contribution in [0.3, 0.4) is 0 Å². The number of aryl methyl sites for hydroxylation is 1. The van der Waals surface area contributed by atoms with Crippen LogP contribution in [0.1, 0.15) is 12.0 Å². The lowest BCUT2D eigenvalue weighted by Crippen LogP contribution is -2.61. The molecule has 1 aromatic heterocycles. The van der Waals surface area contributed by atoms with Gasteiger partial charge in [-0.05, 0) is 48.0 Å². The topological polar surface area (TPSA) is 28.6 Å². The smallest absolute Gasteiger partial charge is 0.142 e. The second-order valence-corrected chi connectivity index (χ2v) is 6.54. The summed E-state index contributed by atoms with van der Waals surface area (Å²) in [5, 5.41) is 0. The second kappa shape index (κ2) is 5.04. The van der Waals surface area contributed by atoms with Crippen molar-refractivity contribution < 1.29 is 4.74 Å². The zero-order valence-corrected chi connectivity index (χ0v) is 13.1. The molecule has 2 aliphatic heterocycles. The molecule has 1 spiro atoms. The highest BCUT2D eigenvalue weighted by molar-refractivity contribution is 9.10. The van der Waals surface area contributed by atoms with Crippen molar-refractivity contribution in [3.8, 4) is 0 Å². The van der Waals surface area contributed by atoms with Crippen LogP contribution in [-0.4, -0.2) is 55.3 Å². The van der Waals surface area contributed by atoms with Crippen molar-refractivity contribution in [2.75, 3.05) is 44.8 Å². The molecule has 4 nitrogen and oxygen atoms in total. The molecule has 0 radical (unpaired) electrons. The molecule has 0 aliphatic carbocycles. The van der Waals surface area contributed by atoms with Crippen LogP contribution in [0.4, 0.5) is 5.82 Å². The molecule has 2 fully saturated rings. The molecule has 5 heteroatoms. The van der Waals surface area contributed by atoms with Gasteiger partial charge in [0, 0.05) is 32.4 Å². The van der Waals surface area contributed by atoms with E-state index in [0.717, 1.165) is 49.6 Å². The molecular weight excluding hydrogens is 306 g/mol. The fourth-order valence-electron chi connectivity index (χ4n) is 3.02. The summed E-state index contributed by atoms with van der Waals surface area (Å²) in [5.74, 6) is 1.06. The molecule has 104 valence electrons. The summed E-state index contributed by atoms with van der Waals surface area (Å²) in [6, 6.07) is 2.14. The molecule has 0 saturated carbocycles. The molecule has 0 N–H and O–H groups in total. The number of aromatic nitrogens is 1. The third kappa shape index (κ3) is 2.39. The van der Waals surface area contributed by atoms with Crippen LogP contribution in [0.25, 0.3) is 0 Å². The summed E-state index contributed by atoms with van der Waals surface area (Å²) < 4.78 is 6.73. The number of hydrogen-bond donors (Lipinski definition) is 0. The number of ether oxygens (including phenoxy) is 1. The monoisotopic (exact) mass is 325 g/mol. The number of pyridine rings is 1. The third-order valence-electron chi connectivity index (χ3n) is 4.34. The number of hydrogen-bond acceptors (Lipinski definition) is 4. The minimum Gasteiger partial charge on any atom is -0.379 e. The zero-order valence-electron chi connectivity index (χ0n) is 11.5. The highest BCUT2D eigenvalue weighted by atomic mass is 79.9. The Hall–Kier alpha value is -0.650. The normalized spacial score (nSPS) is 28.3. The van der Waals surface area contributed by atoms with Gasteiger partial charge in [-0.1, -0.05) is 0 Å². The molecule has 19 heavy (non-hydrogen) atoms. The van der Waals surface area contributed by atoms with Crippen LogP contribution in [-0.2, 0) is 4.74 Å². The first-order valence-corrected chi connectivity index (χ1v) is 7.56. The highest BCUT2D eigenvalue weighted by Gasteiger charge is 2.43. The SMILES string of the molecule is Cc1cnc(N2CCN(C)[C@]3(CCOC3)C2)c(Br)c1. The van der Waals surface area contributed by atoms with Gasteiger partial charge in [0.15, 0.2) is 0 Å². The van der Waals surface area contributed by atoms with E-state index in [1.54, 1.807) is 0 Å². The van der Waals surface area contributed by atoms with Gasteiger partial charge in [-0.2, -0.15) is 0 Å². The van der Waals surface area contributed by atoms with Crippen LogP contribution in [0.15, 0.2) is 16.7 Å². The Morgan fingerprint density at radius 2 is 2.26 bits per heavy atom. The molecule has 1 aromatic rings. The Morgan fingerprint density at radius 3 is 2.95 bits per heavy atom. The third-order valence-corrected chi connectivity index (χ3v) is 4.92. The van der Waals surface area contributed by atoms with Crippen molar-refractivity contribution in [3.63, 3.8) is 0 Å². The number of halogens is 1. The summed E-state index contributed by atoms with van der Waals surface area (Å²) in [7, 11) is 2.21. The highest BCUT2D eigenvalue weighted by Crippen LogP contribution is 2.33. The van der Waals surface area contributed by atoms with Crippen molar-refractivity contribution in [2.45, 2.75) is 18.9 Å². The maximum atomic E-state index is 5.64. The summed E-state index contributed by atoms with van der Waals surface area (Å²) in [6.45, 7) is 6.86. The molecule has 3 heterocycles. The van der Waals surface area contributed by atoms with E-state index in [0.29, 0.717) is 0 Å². The zero-order chi connectivity index (χ0) is 13.5. The number of piperazine rings is 1. The molecule has 2 saturated heterocycles. The van der Waals surface area contributed by atoms with Crippen molar-refractivity contribution in [3.05, 3.63) is 22.3 Å². The van der Waals surface area contributed by atoms with E-state index in [-0.39, 0.29) is 5.54 Å². The first kappa shape index (κ1) is 13.3. The van der Waals surface area contributed by atoms with E-state index in [9.17, 15) is 0 Å². The second-order valence-electron chi connectivity index (χ2n) is 5.69. The van der Waals surface area contributed by atoms with Crippen molar-refractivity contribution in [1.29, 1.82) is 0 Å². The van der Waals surface area contributed by atoms with E-state index in [2.05, 4.69) is 50.8 Å². The predicted molar refractivity (Wildman–Crippen MR) is 79.7 cm³/mol. The lowest BCUT2D eigenvalue weighted by molar-refractivity contribution is 0.0775. The largest absolute Gasteiger partial charge is 0.379 e. The fraction of sp³-hybridized carbons (Fsp3) is 0.643. The van der Waals surface area contributed by atoms with Gasteiger partial charge in [-0.25, -0.2) is 4.98 Å². The Bertz CT molecular complexity index is 474. The summed E-state index contributed by atoms with van der Waals surface area (Å²) >= 11 is 3.65. The van der Waals surface area contributed by atoms with E-state index in [4.69, 9.17) is 4.74 Å². The molecule has 0 unspecified atom stereocenters. The average molecular weight is 326 g/mol. The van der Waals surface area contributed by atoms with Gasteiger partial charge in [-0.3, -0.25) is 4.90 Å². The minimum atomic E-state index is 0.171. The first-order chi connectivity index (χ1) is 9.11. The van der Waals surface area contributed by atoms with Gasteiger partial charge in [0.25, 0.3) is 0 Å². The van der Waals surface area contributed by atoms with Gasteiger partial charge in [0.1, 0.15) is 5.82 Å². The van der Waals surface area contributed by atoms with Crippen molar-refractivity contribution >= 4 is 21.7 Å². The van der Waals surface area contributed by atoms with Gasteiger partial charge in [-0.15, -0.1) is 0 Å². The van der Waals surface area contributed by atoms with E-state index >= 15 is 0 Å². The molecule has 0 amide bonds. The lowest BCUT2D eigenvalue weighted by atomic mass is 9.93. The van der Waals surface area contributed by atoms with E-state index in [1.165, 1.54) is 5.56 Å². The minimum absolute atomic E-state index is 0.171. The van der Waals surface area contributed by atoms with Crippen LogP contribution in [0, 0.1) is 6.92 Å². The maximum absolute atomic E-state index is 5.64. The molecular formula is C14H20BrN3O. The van der Waals surface area contributed by atoms with Gasteiger partial charge in [0.2, 0.25) is 0 Å². The average Bonchev–Trinajstić information content (AvgIpc) is 2.83.